The Balaban J connectivity index is 1.76. The number of carbonyl (C=O) groups is 1. The Labute approximate surface area is 141 Å². The van der Waals surface area contributed by atoms with Gasteiger partial charge in [0.1, 0.15) is 6.61 Å². The number of ketones is 1. The van der Waals surface area contributed by atoms with Crippen LogP contribution in [0.4, 0.5) is 0 Å². The van der Waals surface area contributed by atoms with Crippen LogP contribution in [-0.4, -0.2) is 42.3 Å². The first-order valence-corrected chi connectivity index (χ1v) is 8.17. The number of carbonyl (C=O) groups excluding carboxylic acids is 1. The van der Waals surface area contributed by atoms with Gasteiger partial charge in [0.15, 0.2) is 17.3 Å². The molecular weight excluding hydrogens is 308 g/mol. The molecule has 0 aliphatic carbocycles. The largest absolute Gasteiger partial charge is 0.493 e. The van der Waals surface area contributed by atoms with Crippen molar-refractivity contribution in [3.05, 3.63) is 42.5 Å². The van der Waals surface area contributed by atoms with Crippen LogP contribution in [0.3, 0.4) is 0 Å². The number of benzene rings is 1. The lowest BCUT2D eigenvalue weighted by Gasteiger charge is -2.22. The Morgan fingerprint density at radius 2 is 2.21 bits per heavy atom. The maximum absolute atomic E-state index is 12.9. The molecule has 0 amide bonds. The van der Waals surface area contributed by atoms with Crippen LogP contribution in [0.15, 0.2) is 36.9 Å². The van der Waals surface area contributed by atoms with E-state index < -0.39 is 0 Å². The van der Waals surface area contributed by atoms with Crippen LogP contribution in [0.2, 0.25) is 0 Å². The van der Waals surface area contributed by atoms with Crippen molar-refractivity contribution in [2.45, 2.75) is 19.4 Å². The zero-order chi connectivity index (χ0) is 16.8. The molecule has 128 valence electrons. The summed E-state index contributed by atoms with van der Waals surface area (Å²) < 4.78 is 18.6. The van der Waals surface area contributed by atoms with Gasteiger partial charge in [-0.3, -0.25) is 4.79 Å². The Hall–Kier alpha value is -2.34. The quantitative estimate of drug-likeness (QED) is 0.730. The number of imidazole rings is 1. The number of aromatic nitrogens is 2. The van der Waals surface area contributed by atoms with E-state index in [9.17, 15) is 4.79 Å². The summed E-state index contributed by atoms with van der Waals surface area (Å²) in [6, 6.07) is 5.45. The summed E-state index contributed by atoms with van der Waals surface area (Å²) in [4.78, 5) is 16.9. The van der Waals surface area contributed by atoms with Crippen molar-refractivity contribution >= 4 is 5.78 Å². The third kappa shape index (κ3) is 3.76. The zero-order valence-electron chi connectivity index (χ0n) is 13.8. The lowest BCUT2D eigenvalue weighted by Crippen LogP contribution is -2.24. The van der Waals surface area contributed by atoms with Gasteiger partial charge in [-0.05, 0) is 25.0 Å². The molecule has 0 unspecified atom stereocenters. The molecule has 3 rings (SSSR count). The third-order valence-corrected chi connectivity index (χ3v) is 4.21. The maximum Gasteiger partial charge on any atom is 0.172 e. The highest BCUT2D eigenvalue weighted by atomic mass is 16.5. The molecule has 6 nitrogen and oxygen atoms in total. The van der Waals surface area contributed by atoms with Crippen molar-refractivity contribution in [3.8, 4) is 11.5 Å². The Morgan fingerprint density at radius 3 is 2.92 bits per heavy atom. The van der Waals surface area contributed by atoms with Crippen LogP contribution in [0.25, 0.3) is 0 Å². The average molecular weight is 330 g/mol. The van der Waals surface area contributed by atoms with E-state index in [1.54, 1.807) is 19.6 Å². The number of hydrogen-bond acceptors (Lipinski definition) is 5. The standard InChI is InChI=1S/C18H22N2O4/c1-22-16-4-2-3-15(17(21)14-5-10-23-11-6-14)18(16)24-12-9-20-8-7-19-13-20/h2-4,7-8,13-14H,5-6,9-12H2,1H3. The molecule has 6 heteroatoms. The van der Waals surface area contributed by atoms with E-state index >= 15 is 0 Å². The van der Waals surface area contributed by atoms with E-state index in [1.807, 2.05) is 29.0 Å². The summed E-state index contributed by atoms with van der Waals surface area (Å²) >= 11 is 0. The molecule has 0 spiro atoms. The molecule has 1 fully saturated rings. The van der Waals surface area contributed by atoms with Crippen molar-refractivity contribution in [2.75, 3.05) is 26.9 Å². The minimum Gasteiger partial charge on any atom is -0.493 e. The summed E-state index contributed by atoms with van der Waals surface area (Å²) in [5.41, 5.74) is 0.590. The summed E-state index contributed by atoms with van der Waals surface area (Å²) in [6.45, 7) is 2.36. The number of hydrogen-bond donors (Lipinski definition) is 0. The van der Waals surface area contributed by atoms with Crippen molar-refractivity contribution < 1.29 is 19.0 Å². The molecular formula is C18H22N2O4. The van der Waals surface area contributed by atoms with E-state index in [0.717, 1.165) is 12.8 Å². The molecule has 2 aromatic rings. The molecule has 1 saturated heterocycles. The van der Waals surface area contributed by atoms with Crippen LogP contribution in [-0.2, 0) is 11.3 Å². The lowest BCUT2D eigenvalue weighted by molar-refractivity contribution is 0.0542. The van der Waals surface area contributed by atoms with Gasteiger partial charge in [0.05, 0.1) is 25.5 Å². The zero-order valence-corrected chi connectivity index (χ0v) is 13.8. The predicted molar refractivity (Wildman–Crippen MR) is 88.6 cm³/mol. The van der Waals surface area contributed by atoms with Crippen molar-refractivity contribution in [1.29, 1.82) is 0 Å². The molecule has 24 heavy (non-hydrogen) atoms. The summed E-state index contributed by atoms with van der Waals surface area (Å²) in [5.74, 6) is 1.20. The molecule has 1 aliphatic heterocycles. The predicted octanol–water partition coefficient (Wildman–Crippen LogP) is 2.58. The Morgan fingerprint density at radius 1 is 1.38 bits per heavy atom. The number of nitrogens with zero attached hydrogens (tertiary/aromatic N) is 2. The first-order chi connectivity index (χ1) is 11.8. The molecule has 0 saturated carbocycles. The van der Waals surface area contributed by atoms with Crippen LogP contribution < -0.4 is 9.47 Å². The average Bonchev–Trinajstić information content (AvgIpc) is 3.15. The fourth-order valence-corrected chi connectivity index (χ4v) is 2.87. The second kappa shape index (κ2) is 7.97. The highest BCUT2D eigenvalue weighted by Crippen LogP contribution is 2.34. The second-order valence-electron chi connectivity index (χ2n) is 5.74. The van der Waals surface area contributed by atoms with E-state index in [0.29, 0.717) is 43.4 Å². The summed E-state index contributed by atoms with van der Waals surface area (Å²) in [7, 11) is 1.58. The van der Waals surface area contributed by atoms with Crippen LogP contribution in [0.1, 0.15) is 23.2 Å². The van der Waals surface area contributed by atoms with Crippen LogP contribution >= 0.6 is 0 Å². The highest BCUT2D eigenvalue weighted by molar-refractivity contribution is 6.01. The van der Waals surface area contributed by atoms with Gasteiger partial charge < -0.3 is 18.8 Å². The topological polar surface area (TPSA) is 62.6 Å². The van der Waals surface area contributed by atoms with Crippen molar-refractivity contribution in [3.63, 3.8) is 0 Å². The van der Waals surface area contributed by atoms with E-state index in [2.05, 4.69) is 4.98 Å². The van der Waals surface area contributed by atoms with Crippen LogP contribution in [0.5, 0.6) is 11.5 Å². The number of ether oxygens (including phenoxy) is 3. The summed E-state index contributed by atoms with van der Waals surface area (Å²) in [6.07, 6.45) is 6.84. The van der Waals surface area contributed by atoms with Gasteiger partial charge in [0, 0.05) is 31.5 Å². The first-order valence-electron chi connectivity index (χ1n) is 8.17. The monoisotopic (exact) mass is 330 g/mol. The minimum atomic E-state index is -0.0122. The number of para-hydroxylation sites is 1. The molecule has 0 atom stereocenters. The van der Waals surface area contributed by atoms with Gasteiger partial charge in [-0.25, -0.2) is 4.98 Å². The normalized spacial score (nSPS) is 15.2. The Bertz CT molecular complexity index is 664. The number of methoxy groups -OCH3 is 1. The molecule has 1 aliphatic rings. The second-order valence-corrected chi connectivity index (χ2v) is 5.74. The lowest BCUT2D eigenvalue weighted by atomic mass is 9.90. The van der Waals surface area contributed by atoms with Crippen LogP contribution in [0, 0.1) is 5.92 Å². The molecule has 0 N–H and O–H groups in total. The van der Waals surface area contributed by atoms with Gasteiger partial charge in [-0.15, -0.1) is 0 Å². The molecule has 0 bridgehead atoms. The fraction of sp³-hybridized carbons (Fsp3) is 0.444. The Kier molecular flexibility index (Phi) is 5.48. The molecule has 2 heterocycles. The van der Waals surface area contributed by atoms with Gasteiger partial charge in [-0.2, -0.15) is 0 Å². The van der Waals surface area contributed by atoms with Gasteiger partial charge >= 0.3 is 0 Å². The fourth-order valence-electron chi connectivity index (χ4n) is 2.87. The molecule has 1 aromatic carbocycles. The minimum absolute atomic E-state index is 0.0122. The number of rotatable bonds is 7. The smallest absolute Gasteiger partial charge is 0.172 e. The first kappa shape index (κ1) is 16.5. The van der Waals surface area contributed by atoms with E-state index in [1.165, 1.54) is 0 Å². The van der Waals surface area contributed by atoms with Gasteiger partial charge in [-0.1, -0.05) is 6.07 Å². The molecule has 1 aromatic heterocycles. The summed E-state index contributed by atoms with van der Waals surface area (Å²) in [5, 5.41) is 0. The van der Waals surface area contributed by atoms with Gasteiger partial charge in [0.2, 0.25) is 0 Å². The van der Waals surface area contributed by atoms with E-state index in [4.69, 9.17) is 14.2 Å². The molecule has 0 radical (unpaired) electrons. The number of Topliss-reactive ketones (excluding diaryl/α,β-unsaturated/α-hetero) is 1. The van der Waals surface area contributed by atoms with E-state index in [-0.39, 0.29) is 11.7 Å². The maximum atomic E-state index is 12.9. The van der Waals surface area contributed by atoms with Crippen molar-refractivity contribution in [1.82, 2.24) is 9.55 Å². The SMILES string of the molecule is COc1cccc(C(=O)C2CCOCC2)c1OCCn1ccnc1. The van der Waals surface area contributed by atoms with Crippen molar-refractivity contribution in [2.24, 2.45) is 5.92 Å². The highest BCUT2D eigenvalue weighted by Gasteiger charge is 2.26. The third-order valence-electron chi connectivity index (χ3n) is 4.21. The van der Waals surface area contributed by atoms with Gasteiger partial charge in [0.25, 0.3) is 0 Å².